The molecule has 0 saturated heterocycles. The molecule has 1 atom stereocenters. The van der Waals surface area contributed by atoms with Crippen molar-refractivity contribution in [2.24, 2.45) is 7.05 Å². The van der Waals surface area contributed by atoms with Crippen LogP contribution in [-0.2, 0) is 13.6 Å². The molecule has 2 aromatic heterocycles. The summed E-state index contributed by atoms with van der Waals surface area (Å²) in [7, 11) is 1.74. The van der Waals surface area contributed by atoms with Gasteiger partial charge in [0.1, 0.15) is 24.2 Å². The molecule has 29 heavy (non-hydrogen) atoms. The number of carbonyl (C=O) groups excluding carboxylic acids is 1. The molecule has 3 rings (SSSR count). The highest BCUT2D eigenvalue weighted by atomic mass is 35.5. The third-order valence-electron chi connectivity index (χ3n) is 4.27. The number of hydrogen-bond donors (Lipinski definition) is 1. The van der Waals surface area contributed by atoms with Crippen molar-refractivity contribution in [3.8, 4) is 5.75 Å². The van der Waals surface area contributed by atoms with E-state index in [1.165, 1.54) is 23.5 Å². The molecule has 1 amide bonds. The Labute approximate surface area is 173 Å². The van der Waals surface area contributed by atoms with Crippen LogP contribution in [0.15, 0.2) is 49.2 Å². The van der Waals surface area contributed by atoms with Gasteiger partial charge in [-0.05, 0) is 18.6 Å². The van der Waals surface area contributed by atoms with Crippen molar-refractivity contribution in [3.05, 3.63) is 71.3 Å². The van der Waals surface area contributed by atoms with Crippen LogP contribution >= 0.6 is 11.6 Å². The standard InChI is InChI=1S/C20H22ClN5O3/c1-14-23-7-17(8-24-14)29-12-16(27)11-26(10-15-5-3-4-6-18(15)21)20(28)19-9-22-13-25(19)2/h3-9,13,16,27H,10-12H2,1-2H3. The second kappa shape index (κ2) is 9.49. The van der Waals surface area contributed by atoms with Crippen LogP contribution in [0.4, 0.5) is 0 Å². The van der Waals surface area contributed by atoms with Crippen LogP contribution in [-0.4, -0.2) is 54.7 Å². The lowest BCUT2D eigenvalue weighted by molar-refractivity contribution is 0.0474. The van der Waals surface area contributed by atoms with Crippen molar-refractivity contribution in [3.63, 3.8) is 0 Å². The number of ether oxygens (including phenoxy) is 1. The molecule has 0 aliphatic rings. The molecule has 1 N–H and O–H groups in total. The summed E-state index contributed by atoms with van der Waals surface area (Å²) >= 11 is 6.26. The fourth-order valence-corrected chi connectivity index (χ4v) is 2.93. The number of hydrogen-bond acceptors (Lipinski definition) is 6. The number of imidazole rings is 1. The summed E-state index contributed by atoms with van der Waals surface area (Å²) in [5.41, 5.74) is 1.20. The van der Waals surface area contributed by atoms with Crippen LogP contribution in [0.3, 0.4) is 0 Å². The van der Waals surface area contributed by atoms with Crippen LogP contribution in [0, 0.1) is 6.92 Å². The SMILES string of the molecule is Cc1ncc(OCC(O)CN(Cc2ccccc2Cl)C(=O)c2cncn2C)cn1. The van der Waals surface area contributed by atoms with Crippen molar-refractivity contribution in [2.45, 2.75) is 19.6 Å². The summed E-state index contributed by atoms with van der Waals surface area (Å²) in [6.45, 7) is 2.07. The molecule has 0 fully saturated rings. The second-order valence-corrected chi connectivity index (χ2v) is 7.00. The van der Waals surface area contributed by atoms with Gasteiger partial charge in [0.15, 0.2) is 5.75 Å². The largest absolute Gasteiger partial charge is 0.488 e. The van der Waals surface area contributed by atoms with E-state index >= 15 is 0 Å². The lowest BCUT2D eigenvalue weighted by Gasteiger charge is -2.26. The molecule has 0 saturated carbocycles. The predicted molar refractivity (Wildman–Crippen MR) is 108 cm³/mol. The van der Waals surface area contributed by atoms with Crippen molar-refractivity contribution in [1.82, 2.24) is 24.4 Å². The summed E-state index contributed by atoms with van der Waals surface area (Å²) in [5.74, 6) is 0.818. The third-order valence-corrected chi connectivity index (χ3v) is 4.64. The summed E-state index contributed by atoms with van der Waals surface area (Å²) in [6, 6.07) is 7.29. The van der Waals surface area contributed by atoms with Gasteiger partial charge < -0.3 is 19.3 Å². The molecule has 0 aliphatic carbocycles. The van der Waals surface area contributed by atoms with Gasteiger partial charge in [-0.1, -0.05) is 29.8 Å². The van der Waals surface area contributed by atoms with Gasteiger partial charge >= 0.3 is 0 Å². The van der Waals surface area contributed by atoms with E-state index in [-0.39, 0.29) is 25.6 Å². The number of nitrogens with zero attached hydrogens (tertiary/aromatic N) is 5. The zero-order valence-corrected chi connectivity index (χ0v) is 17.0. The van der Waals surface area contributed by atoms with Crippen LogP contribution in [0.2, 0.25) is 5.02 Å². The molecule has 2 heterocycles. The molecule has 1 aromatic carbocycles. The quantitative estimate of drug-likeness (QED) is 0.606. The number of benzene rings is 1. The van der Waals surface area contributed by atoms with E-state index in [2.05, 4.69) is 15.0 Å². The minimum absolute atomic E-state index is 0.00981. The molecule has 0 radical (unpaired) electrons. The number of aromatic nitrogens is 4. The maximum atomic E-state index is 13.0. The monoisotopic (exact) mass is 415 g/mol. The van der Waals surface area contributed by atoms with E-state index in [9.17, 15) is 9.90 Å². The summed E-state index contributed by atoms with van der Waals surface area (Å²) < 4.78 is 7.17. The normalized spacial score (nSPS) is 11.9. The van der Waals surface area contributed by atoms with Crippen molar-refractivity contribution < 1.29 is 14.6 Å². The lowest BCUT2D eigenvalue weighted by atomic mass is 10.2. The second-order valence-electron chi connectivity index (χ2n) is 6.60. The van der Waals surface area contributed by atoms with E-state index in [0.717, 1.165) is 5.56 Å². The zero-order chi connectivity index (χ0) is 20.8. The molecule has 0 aliphatic heterocycles. The number of rotatable bonds is 8. The van der Waals surface area contributed by atoms with Crippen LogP contribution < -0.4 is 4.74 Å². The van der Waals surface area contributed by atoms with Crippen LogP contribution in [0.5, 0.6) is 5.75 Å². The number of aryl methyl sites for hydroxylation is 2. The molecule has 8 nitrogen and oxygen atoms in total. The van der Waals surface area contributed by atoms with Gasteiger partial charge in [-0.2, -0.15) is 0 Å². The molecule has 0 spiro atoms. The predicted octanol–water partition coefficient (Wildman–Crippen LogP) is 2.25. The Morgan fingerprint density at radius 3 is 2.66 bits per heavy atom. The number of amides is 1. The van der Waals surface area contributed by atoms with Crippen molar-refractivity contribution in [2.75, 3.05) is 13.2 Å². The molecule has 152 valence electrons. The van der Waals surface area contributed by atoms with E-state index in [1.54, 1.807) is 30.9 Å². The Morgan fingerprint density at radius 1 is 1.28 bits per heavy atom. The van der Waals surface area contributed by atoms with Gasteiger partial charge in [-0.25, -0.2) is 15.0 Å². The van der Waals surface area contributed by atoms with Crippen LogP contribution in [0.25, 0.3) is 0 Å². The van der Waals surface area contributed by atoms with E-state index in [1.807, 2.05) is 18.2 Å². The molecule has 3 aromatic rings. The van der Waals surface area contributed by atoms with Gasteiger partial charge in [0, 0.05) is 18.6 Å². The van der Waals surface area contributed by atoms with Gasteiger partial charge in [0.05, 0.1) is 31.5 Å². The fraction of sp³-hybridized carbons (Fsp3) is 0.300. The minimum atomic E-state index is -0.920. The maximum Gasteiger partial charge on any atom is 0.272 e. The Hall–Kier alpha value is -2.97. The zero-order valence-electron chi connectivity index (χ0n) is 16.2. The van der Waals surface area contributed by atoms with E-state index in [4.69, 9.17) is 16.3 Å². The first-order valence-electron chi connectivity index (χ1n) is 9.02. The number of carbonyl (C=O) groups is 1. The maximum absolute atomic E-state index is 13.0. The lowest BCUT2D eigenvalue weighted by Crippen LogP contribution is -2.40. The fourth-order valence-electron chi connectivity index (χ4n) is 2.73. The average Bonchev–Trinajstić information content (AvgIpc) is 3.14. The summed E-state index contributed by atoms with van der Waals surface area (Å²) in [4.78, 5) is 26.7. The molecule has 1 unspecified atom stereocenters. The molecular formula is C20H22ClN5O3. The summed E-state index contributed by atoms with van der Waals surface area (Å²) in [5, 5.41) is 11.0. The smallest absolute Gasteiger partial charge is 0.272 e. The van der Waals surface area contributed by atoms with Crippen molar-refractivity contribution in [1.29, 1.82) is 0 Å². The Kier molecular flexibility index (Phi) is 6.79. The Balaban J connectivity index is 1.71. The third kappa shape index (κ3) is 5.52. The number of aliphatic hydroxyl groups excluding tert-OH is 1. The number of halogens is 1. The van der Waals surface area contributed by atoms with Crippen molar-refractivity contribution >= 4 is 17.5 Å². The van der Waals surface area contributed by atoms with Crippen LogP contribution in [0.1, 0.15) is 21.9 Å². The topological polar surface area (TPSA) is 93.4 Å². The first-order chi connectivity index (χ1) is 13.9. The highest BCUT2D eigenvalue weighted by Crippen LogP contribution is 2.19. The molecule has 9 heteroatoms. The van der Waals surface area contributed by atoms with Gasteiger partial charge in [0.25, 0.3) is 5.91 Å². The number of aliphatic hydroxyl groups is 1. The Morgan fingerprint density at radius 2 is 2.00 bits per heavy atom. The van der Waals surface area contributed by atoms with E-state index < -0.39 is 6.10 Å². The average molecular weight is 416 g/mol. The first kappa shape index (κ1) is 20.8. The van der Waals surface area contributed by atoms with Gasteiger partial charge in [0.2, 0.25) is 0 Å². The molecule has 0 bridgehead atoms. The Bertz CT molecular complexity index is 961. The minimum Gasteiger partial charge on any atom is -0.488 e. The summed E-state index contributed by atoms with van der Waals surface area (Å²) in [6.07, 6.45) is 5.21. The van der Waals surface area contributed by atoms with E-state index in [0.29, 0.717) is 22.3 Å². The highest BCUT2D eigenvalue weighted by molar-refractivity contribution is 6.31. The highest BCUT2D eigenvalue weighted by Gasteiger charge is 2.23. The van der Waals surface area contributed by atoms with Gasteiger partial charge in [-0.15, -0.1) is 0 Å². The van der Waals surface area contributed by atoms with Gasteiger partial charge in [-0.3, -0.25) is 4.79 Å². The first-order valence-corrected chi connectivity index (χ1v) is 9.40. The molecular weight excluding hydrogens is 394 g/mol.